The second-order valence-electron chi connectivity index (χ2n) is 7.03. The highest BCUT2D eigenvalue weighted by molar-refractivity contribution is 7.18. The van der Waals surface area contributed by atoms with Crippen LogP contribution in [0.3, 0.4) is 0 Å². The molecule has 0 saturated carbocycles. The Kier molecular flexibility index (Phi) is 6.09. The molecule has 1 unspecified atom stereocenters. The summed E-state index contributed by atoms with van der Waals surface area (Å²) in [7, 11) is 3.15. The lowest BCUT2D eigenvalue weighted by Crippen LogP contribution is -2.09. The molecular formula is C23H21N3O5S. The SMILES string of the molecule is COc1ccc(C(Cc2cc([N+](=O)[O-])ccc2OC)c2nc(N)sc2-c2ccco2)cc1. The third kappa shape index (κ3) is 4.28. The number of hydrogen-bond donors (Lipinski definition) is 1. The van der Waals surface area contributed by atoms with E-state index in [9.17, 15) is 10.1 Å². The summed E-state index contributed by atoms with van der Waals surface area (Å²) in [4.78, 5) is 16.4. The molecule has 8 nitrogen and oxygen atoms in total. The zero-order valence-electron chi connectivity index (χ0n) is 17.5. The minimum absolute atomic E-state index is 0.00155. The Morgan fingerprint density at radius 1 is 1.16 bits per heavy atom. The maximum Gasteiger partial charge on any atom is 0.269 e. The summed E-state index contributed by atoms with van der Waals surface area (Å²) in [5.74, 6) is 1.70. The van der Waals surface area contributed by atoms with Crippen molar-refractivity contribution in [3.8, 4) is 22.1 Å². The molecule has 4 aromatic rings. The molecule has 0 aliphatic carbocycles. The van der Waals surface area contributed by atoms with Gasteiger partial charge in [0.15, 0.2) is 5.13 Å². The first-order valence-electron chi connectivity index (χ1n) is 9.75. The smallest absolute Gasteiger partial charge is 0.269 e. The van der Waals surface area contributed by atoms with E-state index in [0.717, 1.165) is 21.9 Å². The molecule has 0 fully saturated rings. The zero-order chi connectivity index (χ0) is 22.7. The van der Waals surface area contributed by atoms with Gasteiger partial charge in [-0.3, -0.25) is 10.1 Å². The largest absolute Gasteiger partial charge is 0.497 e. The average molecular weight is 452 g/mol. The fourth-order valence-electron chi connectivity index (χ4n) is 3.64. The number of hydrogen-bond acceptors (Lipinski definition) is 8. The highest BCUT2D eigenvalue weighted by Crippen LogP contribution is 2.41. The number of non-ortho nitro benzene ring substituents is 1. The number of nitro groups is 1. The lowest BCUT2D eigenvalue weighted by atomic mass is 9.87. The Bertz CT molecular complexity index is 1220. The molecule has 2 aromatic carbocycles. The predicted octanol–water partition coefficient (Wildman–Crippen LogP) is 5.29. The third-order valence-electron chi connectivity index (χ3n) is 5.16. The molecule has 0 aliphatic heterocycles. The summed E-state index contributed by atoms with van der Waals surface area (Å²) in [6, 6.07) is 15.9. The van der Waals surface area contributed by atoms with Gasteiger partial charge >= 0.3 is 0 Å². The fraction of sp³-hybridized carbons (Fsp3) is 0.174. The fourth-order valence-corrected chi connectivity index (χ4v) is 4.50. The number of nitro benzene ring substituents is 1. The topological polar surface area (TPSA) is 114 Å². The summed E-state index contributed by atoms with van der Waals surface area (Å²) < 4.78 is 16.4. The van der Waals surface area contributed by atoms with Crippen molar-refractivity contribution >= 4 is 22.2 Å². The number of benzene rings is 2. The molecule has 0 saturated heterocycles. The van der Waals surface area contributed by atoms with Crippen molar-refractivity contribution in [1.29, 1.82) is 0 Å². The van der Waals surface area contributed by atoms with Crippen molar-refractivity contribution < 1.29 is 18.8 Å². The van der Waals surface area contributed by atoms with Crippen LogP contribution < -0.4 is 15.2 Å². The van der Waals surface area contributed by atoms with Gasteiger partial charge in [-0.25, -0.2) is 4.98 Å². The first-order chi connectivity index (χ1) is 15.5. The van der Waals surface area contributed by atoms with Crippen LogP contribution in [0.15, 0.2) is 65.3 Å². The van der Waals surface area contributed by atoms with Crippen LogP contribution >= 0.6 is 11.3 Å². The van der Waals surface area contributed by atoms with Gasteiger partial charge in [0.2, 0.25) is 0 Å². The highest BCUT2D eigenvalue weighted by atomic mass is 32.1. The van der Waals surface area contributed by atoms with Gasteiger partial charge in [0.1, 0.15) is 17.3 Å². The lowest BCUT2D eigenvalue weighted by Gasteiger charge is -2.19. The van der Waals surface area contributed by atoms with Crippen LogP contribution in [0.4, 0.5) is 10.8 Å². The average Bonchev–Trinajstić information content (AvgIpc) is 3.47. The van der Waals surface area contributed by atoms with E-state index in [2.05, 4.69) is 4.98 Å². The van der Waals surface area contributed by atoms with E-state index in [1.807, 2.05) is 30.3 Å². The van der Waals surface area contributed by atoms with E-state index < -0.39 is 4.92 Å². The minimum Gasteiger partial charge on any atom is -0.497 e. The second-order valence-corrected chi connectivity index (χ2v) is 8.06. The van der Waals surface area contributed by atoms with Crippen molar-refractivity contribution in [3.05, 3.63) is 87.8 Å². The van der Waals surface area contributed by atoms with E-state index in [-0.39, 0.29) is 11.6 Å². The normalized spacial score (nSPS) is 11.8. The van der Waals surface area contributed by atoms with Crippen LogP contribution in [-0.4, -0.2) is 24.1 Å². The maximum atomic E-state index is 11.4. The number of ether oxygens (including phenoxy) is 2. The van der Waals surface area contributed by atoms with Gasteiger partial charge in [-0.2, -0.15) is 0 Å². The number of nitrogens with two attached hydrogens (primary N) is 1. The Labute approximate surface area is 188 Å². The number of aromatic nitrogens is 1. The Balaban J connectivity index is 1.85. The summed E-state index contributed by atoms with van der Waals surface area (Å²) in [5, 5.41) is 11.8. The summed E-state index contributed by atoms with van der Waals surface area (Å²) in [6.07, 6.45) is 2.01. The molecule has 164 valence electrons. The number of nitrogen functional groups attached to an aromatic ring is 1. The Morgan fingerprint density at radius 2 is 1.94 bits per heavy atom. The van der Waals surface area contributed by atoms with E-state index in [0.29, 0.717) is 28.6 Å². The van der Waals surface area contributed by atoms with Crippen molar-refractivity contribution in [2.24, 2.45) is 0 Å². The van der Waals surface area contributed by atoms with Crippen LogP contribution in [0.1, 0.15) is 22.7 Å². The van der Waals surface area contributed by atoms with Gasteiger partial charge in [0, 0.05) is 23.6 Å². The number of furan rings is 1. The number of anilines is 1. The van der Waals surface area contributed by atoms with Crippen LogP contribution in [0.2, 0.25) is 0 Å². The Hall–Kier alpha value is -3.85. The number of nitrogens with zero attached hydrogens (tertiary/aromatic N) is 2. The van der Waals surface area contributed by atoms with E-state index in [1.54, 1.807) is 32.6 Å². The van der Waals surface area contributed by atoms with Crippen LogP contribution in [0.5, 0.6) is 11.5 Å². The van der Waals surface area contributed by atoms with Gasteiger partial charge in [-0.15, -0.1) is 0 Å². The molecule has 0 aliphatic rings. The van der Waals surface area contributed by atoms with Crippen LogP contribution in [0.25, 0.3) is 10.6 Å². The first-order valence-corrected chi connectivity index (χ1v) is 10.6. The summed E-state index contributed by atoms with van der Waals surface area (Å²) in [6.45, 7) is 0. The monoisotopic (exact) mass is 451 g/mol. The maximum absolute atomic E-state index is 11.4. The van der Waals surface area contributed by atoms with E-state index in [4.69, 9.17) is 19.6 Å². The molecular weight excluding hydrogens is 430 g/mol. The van der Waals surface area contributed by atoms with Gasteiger partial charge in [-0.05, 0) is 42.3 Å². The molecule has 9 heteroatoms. The molecule has 4 rings (SSSR count). The molecule has 1 atom stereocenters. The number of thiazole rings is 1. The lowest BCUT2D eigenvalue weighted by molar-refractivity contribution is -0.384. The van der Waals surface area contributed by atoms with Crippen LogP contribution in [0, 0.1) is 10.1 Å². The standard InChI is InChI=1S/C23H21N3O5S/c1-29-17-8-5-14(6-9-17)18(13-15-12-16(26(27)28)7-10-19(15)30-2)21-22(32-23(24)25-21)20-4-3-11-31-20/h3-12,18H,13H2,1-2H3,(H2,24,25). The predicted molar refractivity (Wildman–Crippen MR) is 122 cm³/mol. The van der Waals surface area contributed by atoms with Crippen molar-refractivity contribution in [1.82, 2.24) is 4.98 Å². The molecule has 2 aromatic heterocycles. The van der Waals surface area contributed by atoms with Crippen molar-refractivity contribution in [2.45, 2.75) is 12.3 Å². The zero-order valence-corrected chi connectivity index (χ0v) is 18.3. The van der Waals surface area contributed by atoms with E-state index in [1.165, 1.54) is 23.5 Å². The van der Waals surface area contributed by atoms with Gasteiger partial charge in [0.25, 0.3) is 5.69 Å². The van der Waals surface area contributed by atoms with Gasteiger partial charge in [-0.1, -0.05) is 23.5 Å². The quantitative estimate of drug-likeness (QED) is 0.286. The summed E-state index contributed by atoms with van der Waals surface area (Å²) in [5.41, 5.74) is 8.48. The molecule has 0 spiro atoms. The number of rotatable bonds is 8. The molecule has 2 heterocycles. The van der Waals surface area contributed by atoms with Crippen molar-refractivity contribution in [2.75, 3.05) is 20.0 Å². The van der Waals surface area contributed by atoms with Crippen LogP contribution in [-0.2, 0) is 6.42 Å². The van der Waals surface area contributed by atoms with Gasteiger partial charge in [0.05, 0.1) is 36.0 Å². The van der Waals surface area contributed by atoms with Crippen molar-refractivity contribution in [3.63, 3.8) is 0 Å². The molecule has 0 radical (unpaired) electrons. The molecule has 0 bridgehead atoms. The minimum atomic E-state index is -0.416. The molecule has 0 amide bonds. The van der Waals surface area contributed by atoms with E-state index >= 15 is 0 Å². The highest BCUT2D eigenvalue weighted by Gasteiger charge is 2.26. The second kappa shape index (κ2) is 9.11. The van der Waals surface area contributed by atoms with Gasteiger partial charge < -0.3 is 19.6 Å². The molecule has 2 N–H and O–H groups in total. The molecule has 32 heavy (non-hydrogen) atoms. The third-order valence-corrected chi connectivity index (χ3v) is 6.08. The first kappa shape index (κ1) is 21.4. The Morgan fingerprint density at radius 3 is 2.56 bits per heavy atom. The summed E-state index contributed by atoms with van der Waals surface area (Å²) >= 11 is 1.34. The number of methoxy groups -OCH3 is 2.